The maximum atomic E-state index is 13.0. The number of methoxy groups -OCH3 is 1. The predicted octanol–water partition coefficient (Wildman–Crippen LogP) is 6.32. The van der Waals surface area contributed by atoms with Gasteiger partial charge < -0.3 is 19.2 Å². The van der Waals surface area contributed by atoms with Gasteiger partial charge in [0, 0.05) is 16.8 Å². The number of anilines is 1. The monoisotopic (exact) mass is 448 g/mol. The van der Waals surface area contributed by atoms with Crippen molar-refractivity contribution in [3.8, 4) is 34.3 Å². The molecule has 3 aromatic carbocycles. The Morgan fingerprint density at radius 3 is 2.59 bits per heavy atom. The summed E-state index contributed by atoms with van der Waals surface area (Å²) in [7, 11) is 1.54. The normalized spacial score (nSPS) is 10.6. The van der Waals surface area contributed by atoms with Crippen molar-refractivity contribution in [2.45, 2.75) is 6.92 Å². The molecule has 1 aromatic heterocycles. The van der Waals surface area contributed by atoms with Crippen LogP contribution in [0.2, 0.25) is 5.02 Å². The lowest BCUT2D eigenvalue weighted by Gasteiger charge is -2.10. The third kappa shape index (κ3) is 4.60. The van der Waals surface area contributed by atoms with E-state index in [1.165, 1.54) is 7.11 Å². The minimum atomic E-state index is -0.303. The molecular formula is C25H21ClN2O4. The van der Waals surface area contributed by atoms with E-state index in [4.69, 9.17) is 25.5 Å². The fraction of sp³-hybridized carbons (Fsp3) is 0.120. The van der Waals surface area contributed by atoms with Crippen LogP contribution in [-0.2, 0) is 0 Å². The van der Waals surface area contributed by atoms with Crippen molar-refractivity contribution in [2.24, 2.45) is 0 Å². The number of nitrogens with one attached hydrogen (secondary N) is 1. The van der Waals surface area contributed by atoms with Crippen molar-refractivity contribution in [2.75, 3.05) is 19.0 Å². The van der Waals surface area contributed by atoms with Crippen LogP contribution >= 0.6 is 11.6 Å². The van der Waals surface area contributed by atoms with Crippen LogP contribution in [0.4, 0.5) is 5.69 Å². The highest BCUT2D eigenvalue weighted by atomic mass is 35.5. The third-order valence-electron chi connectivity index (χ3n) is 4.77. The minimum absolute atomic E-state index is 0.303. The van der Waals surface area contributed by atoms with Crippen LogP contribution in [0.3, 0.4) is 0 Å². The van der Waals surface area contributed by atoms with Gasteiger partial charge in [0.2, 0.25) is 5.89 Å². The second kappa shape index (κ2) is 9.58. The summed E-state index contributed by atoms with van der Waals surface area (Å²) in [5, 5.41) is 3.26. The van der Waals surface area contributed by atoms with Crippen LogP contribution in [0.15, 0.2) is 77.3 Å². The zero-order chi connectivity index (χ0) is 22.5. The molecule has 0 aliphatic heterocycles. The van der Waals surface area contributed by atoms with E-state index < -0.39 is 0 Å². The fourth-order valence-corrected chi connectivity index (χ4v) is 3.48. The molecule has 4 aromatic rings. The SMILES string of the molecule is CCOc1ccc(-c2cnc(-c3ccccc3C(=O)Nc3ccc(OC)c(Cl)c3)o2)cc1. The van der Waals surface area contributed by atoms with Crippen molar-refractivity contribution in [3.05, 3.63) is 83.5 Å². The molecule has 162 valence electrons. The first-order valence-corrected chi connectivity index (χ1v) is 10.4. The number of hydrogen-bond donors (Lipinski definition) is 1. The Morgan fingerprint density at radius 2 is 1.88 bits per heavy atom. The Hall–Kier alpha value is -3.77. The molecule has 7 heteroatoms. The Bertz CT molecular complexity index is 1230. The summed E-state index contributed by atoms with van der Waals surface area (Å²) in [6, 6.07) is 19.7. The molecule has 6 nitrogen and oxygen atoms in total. The molecule has 0 aliphatic carbocycles. The first-order valence-electron chi connectivity index (χ1n) is 10.0. The second-order valence-electron chi connectivity index (χ2n) is 6.84. The molecule has 0 fully saturated rings. The van der Waals surface area contributed by atoms with Crippen LogP contribution in [0.25, 0.3) is 22.8 Å². The summed E-state index contributed by atoms with van der Waals surface area (Å²) < 4.78 is 16.6. The number of carbonyl (C=O) groups is 1. The highest BCUT2D eigenvalue weighted by Crippen LogP contribution is 2.31. The molecule has 0 spiro atoms. The molecule has 4 rings (SSSR count). The summed E-state index contributed by atoms with van der Waals surface area (Å²) in [6.07, 6.45) is 1.64. The fourth-order valence-electron chi connectivity index (χ4n) is 3.22. The number of rotatable bonds is 7. The number of ether oxygens (including phenoxy) is 2. The molecule has 0 atom stereocenters. The number of carbonyl (C=O) groups excluding carboxylic acids is 1. The highest BCUT2D eigenvalue weighted by Gasteiger charge is 2.17. The molecule has 1 N–H and O–H groups in total. The van der Waals surface area contributed by atoms with Gasteiger partial charge in [0.1, 0.15) is 11.5 Å². The number of halogens is 1. The topological polar surface area (TPSA) is 73.6 Å². The third-order valence-corrected chi connectivity index (χ3v) is 5.06. The molecule has 1 amide bonds. The number of benzene rings is 3. The number of aromatic nitrogens is 1. The van der Waals surface area contributed by atoms with E-state index in [1.807, 2.05) is 37.3 Å². The van der Waals surface area contributed by atoms with E-state index in [2.05, 4.69) is 10.3 Å². The van der Waals surface area contributed by atoms with Crippen molar-refractivity contribution in [3.63, 3.8) is 0 Å². The molecule has 32 heavy (non-hydrogen) atoms. The van der Waals surface area contributed by atoms with Gasteiger partial charge in [0.25, 0.3) is 5.91 Å². The Labute approximate surface area is 190 Å². The summed E-state index contributed by atoms with van der Waals surface area (Å²) in [6.45, 7) is 2.54. The maximum Gasteiger partial charge on any atom is 0.256 e. The molecule has 0 saturated carbocycles. The number of oxazole rings is 1. The average molecular weight is 449 g/mol. The standard InChI is InChI=1S/C25H21ClN2O4/c1-3-31-18-11-8-16(9-12-18)23-15-27-25(32-23)20-7-5-4-6-19(20)24(29)28-17-10-13-22(30-2)21(26)14-17/h4-15H,3H2,1-2H3,(H,28,29). The van der Waals surface area contributed by atoms with Crippen LogP contribution < -0.4 is 14.8 Å². The zero-order valence-corrected chi connectivity index (χ0v) is 18.3. The van der Waals surface area contributed by atoms with E-state index >= 15 is 0 Å². The number of amides is 1. The van der Waals surface area contributed by atoms with Gasteiger partial charge in [-0.1, -0.05) is 23.7 Å². The quantitative estimate of drug-likeness (QED) is 0.358. The van der Waals surface area contributed by atoms with E-state index in [-0.39, 0.29) is 5.91 Å². The summed E-state index contributed by atoms with van der Waals surface area (Å²) >= 11 is 6.17. The van der Waals surface area contributed by atoms with E-state index in [0.29, 0.717) is 45.8 Å². The molecular weight excluding hydrogens is 428 g/mol. The highest BCUT2D eigenvalue weighted by molar-refractivity contribution is 6.32. The summed E-state index contributed by atoms with van der Waals surface area (Å²) in [5.41, 5.74) is 2.43. The van der Waals surface area contributed by atoms with Crippen molar-refractivity contribution < 1.29 is 18.7 Å². The van der Waals surface area contributed by atoms with Gasteiger partial charge in [-0.05, 0) is 61.5 Å². The second-order valence-corrected chi connectivity index (χ2v) is 7.24. The van der Waals surface area contributed by atoms with Crippen molar-refractivity contribution >= 4 is 23.2 Å². The minimum Gasteiger partial charge on any atom is -0.495 e. The smallest absolute Gasteiger partial charge is 0.256 e. The van der Waals surface area contributed by atoms with Crippen molar-refractivity contribution in [1.29, 1.82) is 0 Å². The van der Waals surface area contributed by atoms with Crippen LogP contribution in [-0.4, -0.2) is 24.6 Å². The predicted molar refractivity (Wildman–Crippen MR) is 125 cm³/mol. The van der Waals surface area contributed by atoms with Gasteiger partial charge in [-0.3, -0.25) is 4.79 Å². The average Bonchev–Trinajstić information content (AvgIpc) is 3.30. The van der Waals surface area contributed by atoms with E-state index in [1.54, 1.807) is 42.6 Å². The van der Waals surface area contributed by atoms with Gasteiger partial charge in [-0.15, -0.1) is 0 Å². The van der Waals surface area contributed by atoms with Crippen LogP contribution in [0.5, 0.6) is 11.5 Å². The molecule has 0 unspecified atom stereocenters. The largest absolute Gasteiger partial charge is 0.495 e. The molecule has 0 bridgehead atoms. The molecule has 1 heterocycles. The maximum absolute atomic E-state index is 13.0. The van der Waals surface area contributed by atoms with Gasteiger partial charge in [-0.2, -0.15) is 0 Å². The lowest BCUT2D eigenvalue weighted by Crippen LogP contribution is -2.13. The van der Waals surface area contributed by atoms with Crippen LogP contribution in [0.1, 0.15) is 17.3 Å². The molecule has 0 saturated heterocycles. The lowest BCUT2D eigenvalue weighted by atomic mass is 10.1. The number of hydrogen-bond acceptors (Lipinski definition) is 5. The van der Waals surface area contributed by atoms with Crippen molar-refractivity contribution in [1.82, 2.24) is 4.98 Å². The summed E-state index contributed by atoms with van der Waals surface area (Å²) in [4.78, 5) is 17.4. The Kier molecular flexibility index (Phi) is 6.42. The van der Waals surface area contributed by atoms with Gasteiger partial charge in [-0.25, -0.2) is 4.98 Å². The first-order chi connectivity index (χ1) is 15.6. The zero-order valence-electron chi connectivity index (χ0n) is 17.6. The van der Waals surface area contributed by atoms with Gasteiger partial charge in [0.15, 0.2) is 5.76 Å². The Morgan fingerprint density at radius 1 is 1.09 bits per heavy atom. The van der Waals surface area contributed by atoms with Gasteiger partial charge in [0.05, 0.1) is 30.5 Å². The van der Waals surface area contributed by atoms with Gasteiger partial charge >= 0.3 is 0 Å². The van der Waals surface area contributed by atoms with E-state index in [0.717, 1.165) is 11.3 Å². The number of nitrogens with zero attached hydrogens (tertiary/aromatic N) is 1. The Balaban J connectivity index is 1.58. The summed E-state index contributed by atoms with van der Waals surface area (Å²) in [5.74, 6) is 1.97. The first kappa shape index (κ1) is 21.5. The van der Waals surface area contributed by atoms with E-state index in [9.17, 15) is 4.79 Å². The molecule has 0 aliphatic rings. The lowest BCUT2D eigenvalue weighted by molar-refractivity contribution is 0.102. The van der Waals surface area contributed by atoms with Crippen LogP contribution in [0, 0.1) is 0 Å². The molecule has 0 radical (unpaired) electrons.